The van der Waals surface area contributed by atoms with Crippen molar-refractivity contribution < 1.29 is 37.8 Å². The molecule has 10 nitrogen and oxygen atoms in total. The first kappa shape index (κ1) is 33.3. The summed E-state index contributed by atoms with van der Waals surface area (Å²) in [5.74, 6) is -6.44. The minimum Gasteiger partial charge on any atom is -0.504 e. The van der Waals surface area contributed by atoms with Crippen LogP contribution in [0.1, 0.15) is 24.3 Å². The van der Waals surface area contributed by atoms with Gasteiger partial charge >= 0.3 is 0 Å². The lowest BCUT2D eigenvalue weighted by Crippen LogP contribution is -2.60. The third-order valence-corrected chi connectivity index (χ3v) is 12.5. The van der Waals surface area contributed by atoms with Crippen LogP contribution < -0.4 is 14.5 Å². The van der Waals surface area contributed by atoms with Crippen LogP contribution in [-0.2, 0) is 19.2 Å². The number of rotatable bonds is 5. The first-order valence-corrected chi connectivity index (χ1v) is 17.6. The Morgan fingerprint density at radius 2 is 1.57 bits per heavy atom. The molecule has 266 valence electrons. The minimum atomic E-state index is -2.14. The molecule has 9 rings (SSSR count). The van der Waals surface area contributed by atoms with Gasteiger partial charge < -0.3 is 14.3 Å². The molecule has 2 aliphatic heterocycles. The maximum absolute atomic E-state index is 14.5. The number of methoxy groups -OCH3 is 1. The molecule has 53 heavy (non-hydrogen) atoms. The second-order valence-electron chi connectivity index (χ2n) is 13.7. The van der Waals surface area contributed by atoms with E-state index in [1.165, 1.54) is 31.4 Å². The summed E-state index contributed by atoms with van der Waals surface area (Å²) >= 11 is 14.8. The van der Waals surface area contributed by atoms with Gasteiger partial charge in [0.15, 0.2) is 26.8 Å². The fourth-order valence-electron chi connectivity index (χ4n) is 8.66. The average molecular weight is 753 g/mol. The number of aromatic hydroxyl groups is 1. The normalized spacial score (nSPS) is 27.9. The SMILES string of the molecule is COc1ccc(C2C3=CCC4C(=O)N(c5ccc(-c6nc7ccccc7o6)cc5)C(=O)C4C3CC3(Cl)C(=O)N(c4ccc(F)cc4)C(=O)C23Cl)cc1O. The van der Waals surface area contributed by atoms with Crippen molar-refractivity contribution >= 4 is 69.3 Å². The number of para-hydroxylation sites is 2. The number of hydrogen-bond donors (Lipinski definition) is 1. The number of carbonyl (C=O) groups excluding carboxylic acids is 4. The van der Waals surface area contributed by atoms with Crippen molar-refractivity contribution in [1.29, 1.82) is 0 Å². The molecule has 4 aliphatic rings. The molecule has 2 saturated heterocycles. The zero-order chi connectivity index (χ0) is 37.0. The van der Waals surface area contributed by atoms with Crippen molar-refractivity contribution in [3.8, 4) is 23.0 Å². The number of hydrogen-bond acceptors (Lipinski definition) is 8. The third kappa shape index (κ3) is 4.59. The van der Waals surface area contributed by atoms with Crippen LogP contribution in [0.4, 0.5) is 15.8 Å². The number of fused-ring (bicyclic) bond motifs is 5. The summed E-state index contributed by atoms with van der Waals surface area (Å²) in [4.78, 5) is 59.9. The number of nitrogens with zero attached hydrogens (tertiary/aromatic N) is 3. The van der Waals surface area contributed by atoms with Crippen molar-refractivity contribution in [1.82, 2.24) is 4.98 Å². The van der Waals surface area contributed by atoms with Gasteiger partial charge in [0, 0.05) is 11.5 Å². The van der Waals surface area contributed by atoms with Crippen molar-refractivity contribution in [2.45, 2.75) is 28.5 Å². The van der Waals surface area contributed by atoms with Crippen LogP contribution in [0, 0.1) is 23.6 Å². The average Bonchev–Trinajstić information content (AvgIpc) is 3.75. The molecule has 6 atom stereocenters. The number of allylic oxidation sites excluding steroid dienone is 2. The Morgan fingerprint density at radius 1 is 0.868 bits per heavy atom. The molecule has 13 heteroatoms. The van der Waals surface area contributed by atoms with Crippen LogP contribution in [0.2, 0.25) is 0 Å². The van der Waals surface area contributed by atoms with E-state index in [2.05, 4.69) is 4.98 Å². The fourth-order valence-corrected chi connectivity index (χ4v) is 9.60. The lowest BCUT2D eigenvalue weighted by Gasteiger charge is -2.50. The van der Waals surface area contributed by atoms with Crippen LogP contribution in [0.3, 0.4) is 0 Å². The Labute approximate surface area is 311 Å². The van der Waals surface area contributed by atoms with E-state index in [0.717, 1.165) is 21.9 Å². The van der Waals surface area contributed by atoms with Gasteiger partial charge in [-0.1, -0.05) is 29.8 Å². The predicted molar refractivity (Wildman–Crippen MR) is 193 cm³/mol. The van der Waals surface area contributed by atoms with Crippen LogP contribution in [0.5, 0.6) is 11.5 Å². The molecule has 2 aliphatic carbocycles. The molecule has 1 N–H and O–H groups in total. The number of oxazole rings is 1. The topological polar surface area (TPSA) is 130 Å². The number of anilines is 2. The van der Waals surface area contributed by atoms with Gasteiger partial charge in [0.1, 0.15) is 11.3 Å². The molecular formula is C40H28Cl2FN3O7. The highest BCUT2D eigenvalue weighted by Crippen LogP contribution is 2.66. The molecule has 1 aromatic heterocycles. The number of imide groups is 2. The van der Waals surface area contributed by atoms with Gasteiger partial charge in [-0.3, -0.25) is 24.1 Å². The summed E-state index contributed by atoms with van der Waals surface area (Å²) in [6.07, 6.45) is 1.72. The number of ether oxygens (including phenoxy) is 1. The number of amides is 4. The molecule has 1 saturated carbocycles. The van der Waals surface area contributed by atoms with Gasteiger partial charge in [0.2, 0.25) is 17.7 Å². The summed E-state index contributed by atoms with van der Waals surface area (Å²) in [5, 5.41) is 10.9. The molecule has 5 aromatic rings. The van der Waals surface area contributed by atoms with E-state index in [-0.39, 0.29) is 30.0 Å². The van der Waals surface area contributed by atoms with Gasteiger partial charge in [-0.05, 0) is 97.1 Å². The quantitative estimate of drug-likeness (QED) is 0.114. The van der Waals surface area contributed by atoms with Gasteiger partial charge in [0.25, 0.3) is 11.8 Å². The third-order valence-electron chi connectivity index (χ3n) is 11.1. The molecule has 3 fully saturated rings. The number of halogens is 3. The summed E-state index contributed by atoms with van der Waals surface area (Å²) in [6, 6.07) is 23.4. The fraction of sp³-hybridized carbons (Fsp3) is 0.225. The van der Waals surface area contributed by atoms with Crippen molar-refractivity contribution in [3.63, 3.8) is 0 Å². The molecule has 6 unspecified atom stereocenters. The Bertz CT molecular complexity index is 2400. The van der Waals surface area contributed by atoms with E-state index < -0.39 is 62.9 Å². The highest BCUT2D eigenvalue weighted by atomic mass is 35.5. The van der Waals surface area contributed by atoms with Gasteiger partial charge in [-0.15, -0.1) is 23.2 Å². The largest absolute Gasteiger partial charge is 0.504 e. The monoisotopic (exact) mass is 751 g/mol. The zero-order valence-corrected chi connectivity index (χ0v) is 29.3. The van der Waals surface area contributed by atoms with E-state index in [1.807, 2.05) is 30.3 Å². The Kier molecular flexibility index (Phi) is 7.38. The highest BCUT2D eigenvalue weighted by molar-refractivity contribution is 6.58. The summed E-state index contributed by atoms with van der Waals surface area (Å²) < 4.78 is 25.1. The van der Waals surface area contributed by atoms with Crippen LogP contribution in [-0.4, -0.2) is 50.6 Å². The number of carbonyl (C=O) groups is 4. The van der Waals surface area contributed by atoms with Crippen molar-refractivity contribution in [3.05, 3.63) is 114 Å². The van der Waals surface area contributed by atoms with Crippen molar-refractivity contribution in [2.75, 3.05) is 16.9 Å². The molecule has 3 heterocycles. The summed E-state index contributed by atoms with van der Waals surface area (Å²) in [5.41, 5.74) is 3.30. The molecular weight excluding hydrogens is 724 g/mol. The van der Waals surface area contributed by atoms with Gasteiger partial charge in [0.05, 0.1) is 30.3 Å². The molecule has 0 bridgehead atoms. The molecule has 0 spiro atoms. The predicted octanol–water partition coefficient (Wildman–Crippen LogP) is 7.12. The van der Waals surface area contributed by atoms with Gasteiger partial charge in [-0.2, -0.15) is 0 Å². The Balaban J connectivity index is 1.12. The number of benzene rings is 4. The lowest BCUT2D eigenvalue weighted by molar-refractivity contribution is -0.125. The number of phenolic OH excluding ortho intramolecular Hbond substituents is 1. The van der Waals surface area contributed by atoms with E-state index in [1.54, 1.807) is 30.3 Å². The molecule has 0 radical (unpaired) electrons. The Morgan fingerprint density at radius 3 is 2.26 bits per heavy atom. The zero-order valence-electron chi connectivity index (χ0n) is 27.8. The first-order chi connectivity index (χ1) is 25.5. The number of alkyl halides is 2. The van der Waals surface area contributed by atoms with Crippen LogP contribution in [0.15, 0.2) is 107 Å². The van der Waals surface area contributed by atoms with E-state index >= 15 is 0 Å². The van der Waals surface area contributed by atoms with E-state index in [9.17, 15) is 28.7 Å². The summed E-state index contributed by atoms with van der Waals surface area (Å²) in [6.45, 7) is 0. The maximum Gasteiger partial charge on any atom is 0.258 e. The van der Waals surface area contributed by atoms with Crippen molar-refractivity contribution in [2.24, 2.45) is 17.8 Å². The van der Waals surface area contributed by atoms with Gasteiger partial charge in [-0.25, -0.2) is 14.3 Å². The first-order valence-electron chi connectivity index (χ1n) is 16.9. The van der Waals surface area contributed by atoms with Crippen LogP contribution in [0.25, 0.3) is 22.6 Å². The molecule has 4 aromatic carbocycles. The highest BCUT2D eigenvalue weighted by Gasteiger charge is 2.76. The van der Waals surface area contributed by atoms with E-state index in [0.29, 0.717) is 39.4 Å². The maximum atomic E-state index is 14.5. The second-order valence-corrected chi connectivity index (χ2v) is 15.0. The van der Waals surface area contributed by atoms with E-state index in [4.69, 9.17) is 32.4 Å². The standard InChI is InChI=1S/C40H28Cl2FN3O7/c1-52-31-17-8-21(18-29(31)47)33-25-15-16-26-32(27(25)19-39(41)37(50)46(38(51)40(33,39)42)24-13-9-22(43)10-14-24)36(49)45(35(26)48)23-11-6-20(7-12-23)34-44-28-4-2-3-5-30(28)53-34/h2-15,17-18,26-27,32-33,47H,16,19H2,1H3. The lowest BCUT2D eigenvalue weighted by atomic mass is 9.56. The number of aromatic nitrogens is 1. The molecule has 4 amide bonds. The van der Waals surface area contributed by atoms with Crippen LogP contribution >= 0.6 is 23.2 Å². The summed E-state index contributed by atoms with van der Waals surface area (Å²) in [7, 11) is 1.39. The Hall–Kier alpha value is -5.52. The number of phenols is 1. The smallest absolute Gasteiger partial charge is 0.258 e. The second kappa shape index (κ2) is 11.7. The minimum absolute atomic E-state index is 0.0709.